The molecule has 1 aliphatic heterocycles. The van der Waals surface area contributed by atoms with Gasteiger partial charge >= 0.3 is 0 Å². The molecule has 0 bridgehead atoms. The van der Waals surface area contributed by atoms with Gasteiger partial charge < -0.3 is 15.0 Å². The molecule has 1 aromatic carbocycles. The van der Waals surface area contributed by atoms with Gasteiger partial charge in [0.05, 0.1) is 12.0 Å². The number of nitrogens with zero attached hydrogens (tertiary/aromatic N) is 1. The van der Waals surface area contributed by atoms with E-state index in [1.807, 2.05) is 43.0 Å². The van der Waals surface area contributed by atoms with Crippen LogP contribution in [0.3, 0.4) is 0 Å². The van der Waals surface area contributed by atoms with Crippen molar-refractivity contribution in [3.63, 3.8) is 0 Å². The quantitative estimate of drug-likeness (QED) is 0.882. The highest BCUT2D eigenvalue weighted by Crippen LogP contribution is 2.28. The van der Waals surface area contributed by atoms with Gasteiger partial charge in [-0.1, -0.05) is 26.0 Å². The number of halogens is 1. The van der Waals surface area contributed by atoms with E-state index in [4.69, 9.17) is 4.74 Å². The summed E-state index contributed by atoms with van der Waals surface area (Å²) in [5.74, 6) is 1.58. The highest BCUT2D eigenvalue weighted by molar-refractivity contribution is 5.87. The summed E-state index contributed by atoms with van der Waals surface area (Å²) in [7, 11) is 0. The number of hydrogen-bond donors (Lipinski definition) is 1. The number of nitrogens with one attached hydrogen (secondary N) is 1. The van der Waals surface area contributed by atoms with Gasteiger partial charge in [-0.05, 0) is 50.4 Å². The van der Waals surface area contributed by atoms with Crippen molar-refractivity contribution in [1.29, 1.82) is 0 Å². The number of hydrogen-bond acceptors (Lipinski definition) is 3. The Bertz CT molecular complexity index is 507. The molecule has 0 radical (unpaired) electrons. The van der Waals surface area contributed by atoms with Crippen molar-refractivity contribution in [1.82, 2.24) is 10.2 Å². The van der Waals surface area contributed by atoms with Gasteiger partial charge in [-0.15, -0.1) is 12.4 Å². The van der Waals surface area contributed by atoms with Crippen molar-refractivity contribution in [2.75, 3.05) is 32.8 Å². The average molecular weight is 355 g/mol. The largest absolute Gasteiger partial charge is 0.493 e. The van der Waals surface area contributed by atoms with Crippen LogP contribution in [0.1, 0.15) is 39.7 Å². The van der Waals surface area contributed by atoms with Crippen molar-refractivity contribution in [3.05, 3.63) is 29.8 Å². The van der Waals surface area contributed by atoms with Gasteiger partial charge in [-0.2, -0.15) is 0 Å². The van der Waals surface area contributed by atoms with Gasteiger partial charge in [-0.3, -0.25) is 4.79 Å². The van der Waals surface area contributed by atoms with Gasteiger partial charge in [-0.25, -0.2) is 0 Å². The monoisotopic (exact) mass is 354 g/mol. The van der Waals surface area contributed by atoms with E-state index < -0.39 is 5.41 Å². The van der Waals surface area contributed by atoms with Crippen LogP contribution in [0.5, 0.6) is 5.75 Å². The maximum atomic E-state index is 12.9. The predicted molar refractivity (Wildman–Crippen MR) is 101 cm³/mol. The molecular formula is C19H31ClN2O2. The Labute approximate surface area is 152 Å². The molecular weight excluding hydrogens is 324 g/mol. The second-order valence-electron chi connectivity index (χ2n) is 7.25. The van der Waals surface area contributed by atoms with Crippen LogP contribution in [0.2, 0.25) is 0 Å². The number of benzene rings is 1. The maximum Gasteiger partial charge on any atom is 0.232 e. The molecule has 0 aromatic heterocycles. The summed E-state index contributed by atoms with van der Waals surface area (Å²) in [6.45, 7) is 12.5. The Balaban J connectivity index is 0.00000288. The summed E-state index contributed by atoms with van der Waals surface area (Å²) in [5.41, 5.74) is 0.526. The Kier molecular flexibility index (Phi) is 8.04. The minimum Gasteiger partial charge on any atom is -0.493 e. The smallest absolute Gasteiger partial charge is 0.232 e. The van der Waals surface area contributed by atoms with Crippen molar-refractivity contribution in [2.45, 2.75) is 39.5 Å². The predicted octanol–water partition coefficient (Wildman–Crippen LogP) is 3.24. The topological polar surface area (TPSA) is 41.6 Å². The van der Waals surface area contributed by atoms with Crippen molar-refractivity contribution >= 4 is 18.3 Å². The molecule has 4 nitrogen and oxygen atoms in total. The van der Waals surface area contributed by atoms with Gasteiger partial charge in [0.15, 0.2) is 0 Å². The van der Waals surface area contributed by atoms with Crippen LogP contribution < -0.4 is 10.1 Å². The summed E-state index contributed by atoms with van der Waals surface area (Å²) in [4.78, 5) is 14.9. The van der Waals surface area contributed by atoms with E-state index in [0.29, 0.717) is 12.5 Å². The van der Waals surface area contributed by atoms with E-state index in [1.165, 1.54) is 0 Å². The molecule has 1 amide bonds. The van der Waals surface area contributed by atoms with Gasteiger partial charge in [0, 0.05) is 19.6 Å². The highest BCUT2D eigenvalue weighted by atomic mass is 35.5. The molecule has 1 fully saturated rings. The van der Waals surface area contributed by atoms with Crippen LogP contribution in [-0.4, -0.2) is 43.6 Å². The lowest BCUT2D eigenvalue weighted by Crippen LogP contribution is -2.44. The minimum atomic E-state index is -0.513. The molecule has 0 atom stereocenters. The Morgan fingerprint density at radius 1 is 1.21 bits per heavy atom. The first-order valence-electron chi connectivity index (χ1n) is 8.64. The zero-order valence-electron chi connectivity index (χ0n) is 15.3. The first-order chi connectivity index (χ1) is 10.9. The summed E-state index contributed by atoms with van der Waals surface area (Å²) in [6.07, 6.45) is 1.02. The maximum absolute atomic E-state index is 12.9. The number of rotatable bonds is 5. The second kappa shape index (κ2) is 9.28. The third-order valence-electron chi connectivity index (χ3n) is 4.32. The lowest BCUT2D eigenvalue weighted by atomic mass is 9.83. The standard InChI is InChI=1S/C19H30N2O2.ClH/c1-15(2)14-23-17-8-6-16(7-9-17)19(3,4)18(22)21-12-5-10-20-11-13-21;/h6-9,15,20H,5,10-14H2,1-4H3;1H. The molecule has 1 aliphatic rings. The van der Waals surface area contributed by atoms with Crippen LogP contribution >= 0.6 is 12.4 Å². The van der Waals surface area contributed by atoms with Crippen molar-refractivity contribution < 1.29 is 9.53 Å². The van der Waals surface area contributed by atoms with E-state index in [0.717, 1.165) is 43.9 Å². The lowest BCUT2D eigenvalue weighted by Gasteiger charge is -2.31. The molecule has 1 heterocycles. The van der Waals surface area contributed by atoms with E-state index >= 15 is 0 Å². The number of ether oxygens (including phenoxy) is 1. The summed E-state index contributed by atoms with van der Waals surface area (Å²) in [6, 6.07) is 7.97. The zero-order chi connectivity index (χ0) is 16.9. The molecule has 0 unspecified atom stereocenters. The lowest BCUT2D eigenvalue weighted by molar-refractivity contribution is -0.136. The van der Waals surface area contributed by atoms with Gasteiger partial charge in [0.25, 0.3) is 0 Å². The second-order valence-corrected chi connectivity index (χ2v) is 7.25. The van der Waals surface area contributed by atoms with Crippen LogP contribution in [0.4, 0.5) is 0 Å². The summed E-state index contributed by atoms with van der Waals surface area (Å²) in [5, 5.41) is 3.34. The SMILES string of the molecule is CC(C)COc1ccc(C(C)(C)C(=O)N2CCCNCC2)cc1.Cl. The molecule has 1 N–H and O–H groups in total. The fraction of sp³-hybridized carbons (Fsp3) is 0.632. The molecule has 1 saturated heterocycles. The highest BCUT2D eigenvalue weighted by Gasteiger charge is 2.33. The first kappa shape index (κ1) is 20.8. The molecule has 0 spiro atoms. The number of amides is 1. The Morgan fingerprint density at radius 2 is 1.88 bits per heavy atom. The first-order valence-corrected chi connectivity index (χ1v) is 8.64. The number of carbonyl (C=O) groups excluding carboxylic acids is 1. The van der Waals surface area contributed by atoms with Crippen LogP contribution in [0, 0.1) is 5.92 Å². The van der Waals surface area contributed by atoms with Crippen LogP contribution in [-0.2, 0) is 10.2 Å². The third kappa shape index (κ3) is 5.38. The fourth-order valence-electron chi connectivity index (χ4n) is 2.80. The summed E-state index contributed by atoms with van der Waals surface area (Å²) >= 11 is 0. The molecule has 5 heteroatoms. The van der Waals surface area contributed by atoms with E-state index in [-0.39, 0.29) is 18.3 Å². The Morgan fingerprint density at radius 3 is 2.50 bits per heavy atom. The van der Waals surface area contributed by atoms with Crippen LogP contribution in [0.15, 0.2) is 24.3 Å². The third-order valence-corrected chi connectivity index (χ3v) is 4.32. The number of carbonyl (C=O) groups is 1. The van der Waals surface area contributed by atoms with Crippen molar-refractivity contribution in [2.24, 2.45) is 5.92 Å². The summed E-state index contributed by atoms with van der Waals surface area (Å²) < 4.78 is 5.72. The van der Waals surface area contributed by atoms with E-state index in [1.54, 1.807) is 0 Å². The average Bonchev–Trinajstić information content (AvgIpc) is 2.81. The molecule has 0 saturated carbocycles. The van der Waals surface area contributed by atoms with E-state index in [2.05, 4.69) is 19.2 Å². The molecule has 24 heavy (non-hydrogen) atoms. The van der Waals surface area contributed by atoms with Crippen molar-refractivity contribution in [3.8, 4) is 5.75 Å². The van der Waals surface area contributed by atoms with Gasteiger partial charge in [0.2, 0.25) is 5.91 Å². The fourth-order valence-corrected chi connectivity index (χ4v) is 2.80. The minimum absolute atomic E-state index is 0. The van der Waals surface area contributed by atoms with Gasteiger partial charge in [0.1, 0.15) is 5.75 Å². The van der Waals surface area contributed by atoms with E-state index in [9.17, 15) is 4.79 Å². The molecule has 136 valence electrons. The van der Waals surface area contributed by atoms with Crippen LogP contribution in [0.25, 0.3) is 0 Å². The molecule has 1 aromatic rings. The molecule has 0 aliphatic carbocycles. The normalized spacial score (nSPS) is 15.6. The zero-order valence-corrected chi connectivity index (χ0v) is 16.1. The molecule has 2 rings (SSSR count). The Hall–Kier alpha value is -1.26.